The highest BCUT2D eigenvalue weighted by atomic mass is 16.5. The molecular formula is C22H27N3O3. The number of benzene rings is 2. The molecule has 1 fully saturated rings. The summed E-state index contributed by atoms with van der Waals surface area (Å²) >= 11 is 0. The fourth-order valence-electron chi connectivity index (χ4n) is 3.54. The first-order chi connectivity index (χ1) is 13.5. The number of nitrogens with two attached hydrogens (primary N) is 1. The molecule has 1 unspecified atom stereocenters. The quantitative estimate of drug-likeness (QED) is 0.684. The van der Waals surface area contributed by atoms with Gasteiger partial charge in [0, 0.05) is 17.7 Å². The number of amides is 2. The largest absolute Gasteiger partial charge is 0.457 e. The Morgan fingerprint density at radius 3 is 2.54 bits per heavy atom. The van der Waals surface area contributed by atoms with Crippen LogP contribution in [0.2, 0.25) is 0 Å². The van der Waals surface area contributed by atoms with E-state index in [1.807, 2.05) is 0 Å². The van der Waals surface area contributed by atoms with Crippen molar-refractivity contribution in [3.8, 4) is 11.5 Å². The van der Waals surface area contributed by atoms with Gasteiger partial charge < -0.3 is 21.1 Å². The van der Waals surface area contributed by atoms with Crippen molar-refractivity contribution in [2.75, 3.05) is 18.4 Å². The van der Waals surface area contributed by atoms with Crippen molar-refractivity contribution < 1.29 is 14.3 Å². The van der Waals surface area contributed by atoms with Gasteiger partial charge in [-0.3, -0.25) is 9.59 Å². The third-order valence-electron chi connectivity index (χ3n) is 5.19. The SMILES string of the molecule is CC(CC(=O)Nc1ccc(Oc2cccc(C(N)=O)c2)cc1)C1CCNCC1. The van der Waals surface area contributed by atoms with E-state index in [0.29, 0.717) is 35.3 Å². The van der Waals surface area contributed by atoms with E-state index < -0.39 is 5.91 Å². The summed E-state index contributed by atoms with van der Waals surface area (Å²) in [7, 11) is 0. The number of piperidine rings is 1. The molecule has 0 radical (unpaired) electrons. The van der Waals surface area contributed by atoms with Gasteiger partial charge in [0.15, 0.2) is 0 Å². The maximum atomic E-state index is 12.3. The molecule has 2 aromatic rings. The number of ether oxygens (including phenoxy) is 1. The van der Waals surface area contributed by atoms with Gasteiger partial charge in [-0.1, -0.05) is 13.0 Å². The van der Waals surface area contributed by atoms with Gasteiger partial charge in [-0.15, -0.1) is 0 Å². The molecule has 0 spiro atoms. The van der Waals surface area contributed by atoms with Gasteiger partial charge in [0.25, 0.3) is 0 Å². The number of primary amides is 1. The van der Waals surface area contributed by atoms with Gasteiger partial charge in [-0.2, -0.15) is 0 Å². The van der Waals surface area contributed by atoms with Gasteiger partial charge in [-0.05, 0) is 80.2 Å². The molecule has 2 aromatic carbocycles. The lowest BCUT2D eigenvalue weighted by Gasteiger charge is -2.27. The summed E-state index contributed by atoms with van der Waals surface area (Å²) in [6.07, 6.45) is 2.80. The molecule has 0 aromatic heterocycles. The Labute approximate surface area is 165 Å². The van der Waals surface area contributed by atoms with Crippen LogP contribution in [0.25, 0.3) is 0 Å². The fraction of sp³-hybridized carbons (Fsp3) is 0.364. The number of anilines is 1. The van der Waals surface area contributed by atoms with Crippen molar-refractivity contribution in [3.63, 3.8) is 0 Å². The smallest absolute Gasteiger partial charge is 0.248 e. The minimum absolute atomic E-state index is 0.0360. The highest BCUT2D eigenvalue weighted by Gasteiger charge is 2.22. The van der Waals surface area contributed by atoms with E-state index in [2.05, 4.69) is 17.6 Å². The molecular weight excluding hydrogens is 354 g/mol. The monoisotopic (exact) mass is 381 g/mol. The Bertz CT molecular complexity index is 814. The Hall–Kier alpha value is -2.86. The number of carbonyl (C=O) groups is 2. The fourth-order valence-corrected chi connectivity index (χ4v) is 3.54. The van der Waals surface area contributed by atoms with E-state index in [1.54, 1.807) is 48.5 Å². The zero-order chi connectivity index (χ0) is 19.9. The van der Waals surface area contributed by atoms with Crippen LogP contribution in [-0.4, -0.2) is 24.9 Å². The van der Waals surface area contributed by atoms with Crippen molar-refractivity contribution in [1.82, 2.24) is 5.32 Å². The summed E-state index contributed by atoms with van der Waals surface area (Å²) < 4.78 is 5.75. The van der Waals surface area contributed by atoms with E-state index in [1.165, 1.54) is 0 Å². The van der Waals surface area contributed by atoms with Crippen LogP contribution in [0.1, 0.15) is 36.5 Å². The van der Waals surface area contributed by atoms with E-state index in [-0.39, 0.29) is 5.91 Å². The first-order valence-corrected chi connectivity index (χ1v) is 9.69. The third-order valence-corrected chi connectivity index (χ3v) is 5.19. The summed E-state index contributed by atoms with van der Waals surface area (Å²) in [4.78, 5) is 23.6. The van der Waals surface area contributed by atoms with Crippen molar-refractivity contribution in [2.24, 2.45) is 17.6 Å². The highest BCUT2D eigenvalue weighted by molar-refractivity contribution is 5.93. The van der Waals surface area contributed by atoms with Crippen molar-refractivity contribution in [2.45, 2.75) is 26.2 Å². The number of hydrogen-bond donors (Lipinski definition) is 3. The molecule has 148 valence electrons. The molecule has 6 heteroatoms. The molecule has 2 amide bonds. The van der Waals surface area contributed by atoms with Crippen LogP contribution in [0.5, 0.6) is 11.5 Å². The molecule has 1 heterocycles. The van der Waals surface area contributed by atoms with Gasteiger partial charge in [0.05, 0.1) is 0 Å². The summed E-state index contributed by atoms with van der Waals surface area (Å²) in [5.41, 5.74) is 6.42. The Morgan fingerprint density at radius 2 is 1.86 bits per heavy atom. The predicted molar refractivity (Wildman–Crippen MR) is 109 cm³/mol. The molecule has 6 nitrogen and oxygen atoms in total. The molecule has 0 saturated carbocycles. The number of hydrogen-bond acceptors (Lipinski definition) is 4. The van der Waals surface area contributed by atoms with E-state index in [4.69, 9.17) is 10.5 Å². The third kappa shape index (κ3) is 5.57. The average molecular weight is 381 g/mol. The summed E-state index contributed by atoms with van der Waals surface area (Å²) in [5, 5.41) is 6.31. The second-order valence-corrected chi connectivity index (χ2v) is 7.34. The van der Waals surface area contributed by atoms with Crippen LogP contribution >= 0.6 is 0 Å². The van der Waals surface area contributed by atoms with Gasteiger partial charge in [0.2, 0.25) is 11.8 Å². The molecule has 1 aliphatic rings. The lowest BCUT2D eigenvalue weighted by Crippen LogP contribution is -2.32. The first-order valence-electron chi connectivity index (χ1n) is 9.69. The molecule has 3 rings (SSSR count). The van der Waals surface area contributed by atoms with Crippen LogP contribution in [-0.2, 0) is 4.79 Å². The second-order valence-electron chi connectivity index (χ2n) is 7.34. The normalized spacial score (nSPS) is 15.6. The summed E-state index contributed by atoms with van der Waals surface area (Å²) in [5.74, 6) is 1.67. The Morgan fingerprint density at radius 1 is 1.14 bits per heavy atom. The Kier molecular flexibility index (Phi) is 6.66. The first kappa shape index (κ1) is 19.9. The maximum Gasteiger partial charge on any atom is 0.248 e. The number of rotatable bonds is 7. The van der Waals surface area contributed by atoms with Crippen LogP contribution in [0.4, 0.5) is 5.69 Å². The maximum absolute atomic E-state index is 12.3. The summed E-state index contributed by atoms with van der Waals surface area (Å²) in [6, 6.07) is 13.9. The van der Waals surface area contributed by atoms with E-state index >= 15 is 0 Å². The zero-order valence-corrected chi connectivity index (χ0v) is 16.1. The topological polar surface area (TPSA) is 93.4 Å². The Balaban J connectivity index is 1.53. The minimum Gasteiger partial charge on any atom is -0.457 e. The van der Waals surface area contributed by atoms with Gasteiger partial charge in [0.1, 0.15) is 11.5 Å². The lowest BCUT2D eigenvalue weighted by molar-refractivity contribution is -0.117. The molecule has 1 atom stereocenters. The van der Waals surface area contributed by atoms with Crippen molar-refractivity contribution >= 4 is 17.5 Å². The molecule has 28 heavy (non-hydrogen) atoms. The average Bonchev–Trinajstić information content (AvgIpc) is 2.70. The lowest BCUT2D eigenvalue weighted by atomic mass is 9.84. The predicted octanol–water partition coefficient (Wildman–Crippen LogP) is 3.54. The van der Waals surface area contributed by atoms with Crippen molar-refractivity contribution in [3.05, 3.63) is 54.1 Å². The van der Waals surface area contributed by atoms with Crippen LogP contribution in [0, 0.1) is 11.8 Å². The molecule has 1 saturated heterocycles. The highest BCUT2D eigenvalue weighted by Crippen LogP contribution is 2.26. The van der Waals surface area contributed by atoms with Crippen LogP contribution < -0.4 is 21.1 Å². The standard InChI is InChI=1S/C22H27N3O3/c1-15(16-9-11-24-12-10-16)13-21(26)25-18-5-7-19(8-6-18)28-20-4-2-3-17(14-20)22(23)27/h2-8,14-16,24H,9-13H2,1H3,(H2,23,27)(H,25,26). The molecule has 4 N–H and O–H groups in total. The summed E-state index contributed by atoms with van der Waals surface area (Å²) in [6.45, 7) is 4.24. The minimum atomic E-state index is -0.498. The van der Waals surface area contributed by atoms with Crippen LogP contribution in [0.3, 0.4) is 0 Å². The van der Waals surface area contributed by atoms with E-state index in [9.17, 15) is 9.59 Å². The van der Waals surface area contributed by atoms with E-state index in [0.717, 1.165) is 31.6 Å². The zero-order valence-electron chi connectivity index (χ0n) is 16.1. The van der Waals surface area contributed by atoms with Crippen LogP contribution in [0.15, 0.2) is 48.5 Å². The van der Waals surface area contributed by atoms with Gasteiger partial charge >= 0.3 is 0 Å². The number of carbonyl (C=O) groups excluding carboxylic acids is 2. The second kappa shape index (κ2) is 9.37. The molecule has 0 aliphatic carbocycles. The van der Waals surface area contributed by atoms with Gasteiger partial charge in [-0.25, -0.2) is 0 Å². The molecule has 1 aliphatic heterocycles. The molecule has 0 bridgehead atoms. The number of nitrogens with one attached hydrogen (secondary N) is 2. The van der Waals surface area contributed by atoms with Crippen molar-refractivity contribution in [1.29, 1.82) is 0 Å².